The average Bonchev–Trinajstić information content (AvgIpc) is 3.03. The normalized spacial score (nSPS) is 10.2. The van der Waals surface area contributed by atoms with E-state index in [4.69, 9.17) is 10.00 Å². The highest BCUT2D eigenvalue weighted by molar-refractivity contribution is 7.22. The highest BCUT2D eigenvalue weighted by Gasteiger charge is 2.17. The van der Waals surface area contributed by atoms with Gasteiger partial charge in [-0.2, -0.15) is 5.26 Å². The zero-order valence-electron chi connectivity index (χ0n) is 12.8. The summed E-state index contributed by atoms with van der Waals surface area (Å²) in [5.74, 6) is -0.128. The number of carbonyl (C=O) groups is 1. The smallest absolute Gasteiger partial charge is 0.274 e. The summed E-state index contributed by atoms with van der Waals surface area (Å²) < 4.78 is 5.67. The fourth-order valence-corrected chi connectivity index (χ4v) is 3.08. The summed E-state index contributed by atoms with van der Waals surface area (Å²) in [6.07, 6.45) is 0. The number of rotatable bonds is 4. The Hall–Kier alpha value is -3.51. The number of aromatic nitrogens is 1. The number of hydrogen-bond donors (Lipinski definition) is 1. The third-order valence-electron chi connectivity index (χ3n) is 3.37. The predicted molar refractivity (Wildman–Crippen MR) is 91.9 cm³/mol. The number of methoxy groups -OCH3 is 1. The van der Waals surface area contributed by atoms with Crippen molar-refractivity contribution in [3.63, 3.8) is 0 Å². The molecule has 0 unspecified atom stereocenters. The average molecular weight is 354 g/mol. The van der Waals surface area contributed by atoms with Gasteiger partial charge >= 0.3 is 0 Å². The number of nitrogens with zero attached hydrogens (tertiary/aromatic N) is 3. The SMILES string of the molecule is COc1cc([N+](=O)[O-])cc2sc(NC(=O)c3ccc(C#N)cc3)nc12. The third kappa shape index (κ3) is 3.24. The zero-order chi connectivity index (χ0) is 18.0. The molecule has 0 bridgehead atoms. The molecule has 0 aliphatic rings. The number of carbonyl (C=O) groups excluding carboxylic acids is 1. The minimum Gasteiger partial charge on any atom is -0.494 e. The highest BCUT2D eigenvalue weighted by Crippen LogP contribution is 2.36. The molecule has 25 heavy (non-hydrogen) atoms. The first-order valence-electron chi connectivity index (χ1n) is 6.96. The van der Waals surface area contributed by atoms with Crippen LogP contribution in [0.1, 0.15) is 15.9 Å². The van der Waals surface area contributed by atoms with Crippen molar-refractivity contribution in [2.45, 2.75) is 0 Å². The number of benzene rings is 2. The Labute approximate surface area is 145 Å². The summed E-state index contributed by atoms with van der Waals surface area (Å²) in [6, 6.07) is 10.8. The van der Waals surface area contributed by atoms with Gasteiger partial charge in [0.05, 0.1) is 34.4 Å². The molecular formula is C16H10N4O4S. The number of amides is 1. The lowest BCUT2D eigenvalue weighted by Gasteiger charge is -2.01. The molecule has 0 spiro atoms. The molecule has 0 fully saturated rings. The van der Waals surface area contributed by atoms with E-state index in [0.29, 0.717) is 26.5 Å². The molecule has 2 aromatic carbocycles. The predicted octanol–water partition coefficient (Wildman–Crippen LogP) is 3.34. The summed E-state index contributed by atoms with van der Waals surface area (Å²) in [7, 11) is 1.40. The fraction of sp³-hybridized carbons (Fsp3) is 0.0625. The van der Waals surface area contributed by atoms with Crippen molar-refractivity contribution in [1.82, 2.24) is 4.98 Å². The molecule has 0 saturated heterocycles. The Kier molecular flexibility index (Phi) is 4.28. The first-order valence-corrected chi connectivity index (χ1v) is 7.78. The number of nitro benzene ring substituents is 1. The molecule has 3 rings (SSSR count). The molecule has 8 nitrogen and oxygen atoms in total. The molecule has 0 radical (unpaired) electrons. The van der Waals surface area contributed by atoms with Crippen molar-refractivity contribution >= 4 is 38.3 Å². The number of nitrogens with one attached hydrogen (secondary N) is 1. The molecule has 1 aromatic heterocycles. The summed E-state index contributed by atoms with van der Waals surface area (Å²) in [5.41, 5.74) is 1.15. The van der Waals surface area contributed by atoms with Crippen molar-refractivity contribution < 1.29 is 14.5 Å². The van der Waals surface area contributed by atoms with E-state index in [1.54, 1.807) is 12.1 Å². The summed E-state index contributed by atoms with van der Waals surface area (Å²) >= 11 is 1.11. The second-order valence-electron chi connectivity index (χ2n) is 4.91. The second kappa shape index (κ2) is 6.54. The summed E-state index contributed by atoms with van der Waals surface area (Å²) in [4.78, 5) is 27.0. The van der Waals surface area contributed by atoms with Crippen LogP contribution in [0.2, 0.25) is 0 Å². The van der Waals surface area contributed by atoms with Gasteiger partial charge in [-0.3, -0.25) is 20.2 Å². The molecule has 1 heterocycles. The maximum atomic E-state index is 12.3. The van der Waals surface area contributed by atoms with E-state index in [9.17, 15) is 14.9 Å². The maximum absolute atomic E-state index is 12.3. The van der Waals surface area contributed by atoms with Crippen LogP contribution >= 0.6 is 11.3 Å². The van der Waals surface area contributed by atoms with Gasteiger partial charge in [0.1, 0.15) is 5.52 Å². The van der Waals surface area contributed by atoms with Gasteiger partial charge in [0.2, 0.25) is 0 Å². The number of fused-ring (bicyclic) bond motifs is 1. The summed E-state index contributed by atoms with van der Waals surface area (Å²) in [6.45, 7) is 0. The van der Waals surface area contributed by atoms with Gasteiger partial charge in [0, 0.05) is 11.6 Å². The van der Waals surface area contributed by atoms with Crippen molar-refractivity contribution in [3.05, 3.63) is 57.6 Å². The van der Waals surface area contributed by atoms with Crippen LogP contribution < -0.4 is 10.1 Å². The molecule has 124 valence electrons. The number of nitro groups is 1. The number of hydrogen-bond acceptors (Lipinski definition) is 7. The number of ether oxygens (including phenoxy) is 1. The second-order valence-corrected chi connectivity index (χ2v) is 5.94. The van der Waals surface area contributed by atoms with Crippen LogP contribution in [-0.4, -0.2) is 22.9 Å². The van der Waals surface area contributed by atoms with Gasteiger partial charge in [-0.15, -0.1) is 0 Å². The lowest BCUT2D eigenvalue weighted by molar-refractivity contribution is -0.384. The van der Waals surface area contributed by atoms with Crippen molar-refractivity contribution in [1.29, 1.82) is 5.26 Å². The third-order valence-corrected chi connectivity index (χ3v) is 4.29. The van der Waals surface area contributed by atoms with Crippen molar-refractivity contribution in [2.24, 2.45) is 0 Å². The number of thiazole rings is 1. The maximum Gasteiger partial charge on any atom is 0.274 e. The van der Waals surface area contributed by atoms with Crippen LogP contribution in [0.5, 0.6) is 5.75 Å². The highest BCUT2D eigenvalue weighted by atomic mass is 32.1. The molecule has 3 aromatic rings. The Morgan fingerprint density at radius 1 is 1.36 bits per heavy atom. The molecule has 1 amide bonds. The lowest BCUT2D eigenvalue weighted by atomic mass is 10.1. The van der Waals surface area contributed by atoms with Crippen molar-refractivity contribution in [2.75, 3.05) is 12.4 Å². The molecule has 0 atom stereocenters. The minimum atomic E-state index is -0.517. The first kappa shape index (κ1) is 16.4. The van der Waals surface area contributed by atoms with E-state index in [-0.39, 0.29) is 11.4 Å². The fourth-order valence-electron chi connectivity index (χ4n) is 2.16. The van der Waals surface area contributed by atoms with Gasteiger partial charge in [-0.05, 0) is 24.3 Å². The molecule has 1 N–H and O–H groups in total. The summed E-state index contributed by atoms with van der Waals surface area (Å²) in [5, 5.41) is 22.7. The van der Waals surface area contributed by atoms with Crippen LogP contribution in [0.4, 0.5) is 10.8 Å². The molecular weight excluding hydrogens is 344 g/mol. The molecule has 0 aliphatic heterocycles. The number of non-ortho nitro benzene ring substituents is 1. The largest absolute Gasteiger partial charge is 0.494 e. The van der Waals surface area contributed by atoms with E-state index in [2.05, 4.69) is 10.3 Å². The monoisotopic (exact) mass is 354 g/mol. The lowest BCUT2D eigenvalue weighted by Crippen LogP contribution is -2.11. The minimum absolute atomic E-state index is 0.113. The van der Waals surface area contributed by atoms with E-state index in [1.807, 2.05) is 6.07 Å². The topological polar surface area (TPSA) is 118 Å². The Bertz CT molecular complexity index is 1020. The van der Waals surface area contributed by atoms with Gasteiger partial charge in [0.25, 0.3) is 11.6 Å². The zero-order valence-corrected chi connectivity index (χ0v) is 13.7. The van der Waals surface area contributed by atoms with Crippen LogP contribution in [0.3, 0.4) is 0 Å². The molecule has 0 aliphatic carbocycles. The first-order chi connectivity index (χ1) is 12.0. The van der Waals surface area contributed by atoms with Crippen LogP contribution in [-0.2, 0) is 0 Å². The van der Waals surface area contributed by atoms with Gasteiger partial charge < -0.3 is 4.74 Å². The van der Waals surface area contributed by atoms with Crippen LogP contribution in [0.15, 0.2) is 36.4 Å². The van der Waals surface area contributed by atoms with E-state index in [1.165, 1.54) is 31.4 Å². The van der Waals surface area contributed by atoms with Crippen LogP contribution in [0, 0.1) is 21.4 Å². The Morgan fingerprint density at radius 2 is 2.08 bits per heavy atom. The van der Waals surface area contributed by atoms with Gasteiger partial charge in [-0.1, -0.05) is 11.3 Å². The number of nitriles is 1. The van der Waals surface area contributed by atoms with Crippen LogP contribution in [0.25, 0.3) is 10.2 Å². The Balaban J connectivity index is 1.92. The van der Waals surface area contributed by atoms with E-state index in [0.717, 1.165) is 11.3 Å². The van der Waals surface area contributed by atoms with E-state index < -0.39 is 10.8 Å². The molecule has 9 heteroatoms. The van der Waals surface area contributed by atoms with Gasteiger partial charge in [0.15, 0.2) is 10.9 Å². The Morgan fingerprint density at radius 3 is 2.68 bits per heavy atom. The standard InChI is InChI=1S/C16H10N4O4S/c1-24-12-6-11(20(22)23)7-13-14(12)18-16(25-13)19-15(21)10-4-2-9(8-17)3-5-10/h2-7H,1H3,(H,18,19,21). The number of anilines is 1. The van der Waals surface area contributed by atoms with Crippen molar-refractivity contribution in [3.8, 4) is 11.8 Å². The molecule has 0 saturated carbocycles. The van der Waals surface area contributed by atoms with E-state index >= 15 is 0 Å². The quantitative estimate of drug-likeness (QED) is 0.567. The van der Waals surface area contributed by atoms with Gasteiger partial charge in [-0.25, -0.2) is 4.98 Å².